The van der Waals surface area contributed by atoms with E-state index in [0.717, 1.165) is 31.2 Å². The summed E-state index contributed by atoms with van der Waals surface area (Å²) in [5.74, 6) is -1.73. The minimum absolute atomic E-state index is 0.0279. The zero-order valence-electron chi connectivity index (χ0n) is 13.8. The normalized spacial score (nSPS) is 17.0. The molecule has 1 aromatic carbocycles. The molecule has 6 nitrogen and oxygen atoms in total. The molecule has 130 valence electrons. The first-order valence-electron chi connectivity index (χ1n) is 8.35. The highest BCUT2D eigenvalue weighted by Crippen LogP contribution is 2.24. The van der Waals surface area contributed by atoms with Crippen LogP contribution in [0.15, 0.2) is 30.3 Å². The van der Waals surface area contributed by atoms with Crippen LogP contribution in [0, 0.1) is 5.92 Å². The van der Waals surface area contributed by atoms with E-state index in [1.165, 1.54) is 0 Å². The van der Waals surface area contributed by atoms with Crippen molar-refractivity contribution in [1.29, 1.82) is 0 Å². The highest BCUT2D eigenvalue weighted by Gasteiger charge is 2.27. The Labute approximate surface area is 141 Å². The number of benzene rings is 1. The average molecular weight is 332 g/mol. The molecule has 1 saturated carbocycles. The molecule has 0 heterocycles. The lowest BCUT2D eigenvalue weighted by Crippen LogP contribution is -2.51. The Hall–Kier alpha value is -2.37. The molecule has 1 aliphatic rings. The molecule has 24 heavy (non-hydrogen) atoms. The van der Waals surface area contributed by atoms with Gasteiger partial charge in [-0.15, -0.1) is 0 Å². The van der Waals surface area contributed by atoms with Gasteiger partial charge in [0, 0.05) is 12.3 Å². The molecule has 0 aliphatic heterocycles. The van der Waals surface area contributed by atoms with Gasteiger partial charge in [-0.1, -0.05) is 43.2 Å². The van der Waals surface area contributed by atoms with Crippen LogP contribution in [-0.2, 0) is 20.8 Å². The lowest BCUT2D eigenvalue weighted by Gasteiger charge is -2.20. The van der Waals surface area contributed by atoms with Gasteiger partial charge in [-0.05, 0) is 25.3 Å². The summed E-state index contributed by atoms with van der Waals surface area (Å²) in [5.41, 5.74) is 0.827. The Balaban J connectivity index is 1.89. The van der Waals surface area contributed by atoms with Crippen molar-refractivity contribution in [2.45, 2.75) is 51.1 Å². The van der Waals surface area contributed by atoms with E-state index in [9.17, 15) is 19.5 Å². The van der Waals surface area contributed by atoms with E-state index in [4.69, 9.17) is 0 Å². The standard InChI is InChI=1S/C18H24N2O4/c1-12(19-17(22)14-9-5-6-10-14)16(21)20-15(18(23)24)11-13-7-3-2-4-8-13/h2-4,7-8,12,14-15H,5-6,9-11H2,1H3,(H,19,22)(H,20,21)(H,23,24)/t12?,15-/m1/s1. The van der Waals surface area contributed by atoms with Crippen LogP contribution in [0.2, 0.25) is 0 Å². The fourth-order valence-electron chi connectivity index (χ4n) is 2.93. The van der Waals surface area contributed by atoms with Crippen LogP contribution in [0.4, 0.5) is 0 Å². The highest BCUT2D eigenvalue weighted by atomic mass is 16.4. The van der Waals surface area contributed by atoms with Crippen molar-refractivity contribution in [2.24, 2.45) is 5.92 Å². The number of hydrogen-bond donors (Lipinski definition) is 3. The first kappa shape index (κ1) is 18.0. The zero-order chi connectivity index (χ0) is 17.5. The van der Waals surface area contributed by atoms with Gasteiger partial charge in [0.1, 0.15) is 12.1 Å². The second-order valence-electron chi connectivity index (χ2n) is 6.30. The number of rotatable bonds is 7. The number of carbonyl (C=O) groups excluding carboxylic acids is 2. The molecular formula is C18H24N2O4. The van der Waals surface area contributed by atoms with Crippen LogP contribution < -0.4 is 10.6 Å². The molecule has 1 fully saturated rings. The Morgan fingerprint density at radius 2 is 1.75 bits per heavy atom. The van der Waals surface area contributed by atoms with Crippen LogP contribution in [0.5, 0.6) is 0 Å². The Morgan fingerprint density at radius 1 is 1.12 bits per heavy atom. The summed E-state index contributed by atoms with van der Waals surface area (Å²) in [6, 6.07) is 7.33. The maximum Gasteiger partial charge on any atom is 0.326 e. The first-order valence-corrected chi connectivity index (χ1v) is 8.35. The van der Waals surface area contributed by atoms with Crippen LogP contribution in [0.25, 0.3) is 0 Å². The number of amides is 2. The predicted molar refractivity (Wildman–Crippen MR) is 89.3 cm³/mol. The Kier molecular flexibility index (Phi) is 6.35. The summed E-state index contributed by atoms with van der Waals surface area (Å²) in [6.45, 7) is 1.57. The third-order valence-corrected chi connectivity index (χ3v) is 4.38. The van der Waals surface area contributed by atoms with Gasteiger partial charge in [-0.3, -0.25) is 9.59 Å². The maximum atomic E-state index is 12.2. The molecule has 0 saturated heterocycles. The summed E-state index contributed by atoms with van der Waals surface area (Å²) in [4.78, 5) is 35.7. The van der Waals surface area contributed by atoms with E-state index < -0.39 is 24.0 Å². The van der Waals surface area contributed by atoms with Gasteiger partial charge in [0.2, 0.25) is 11.8 Å². The molecule has 2 atom stereocenters. The fraction of sp³-hybridized carbons (Fsp3) is 0.500. The molecule has 1 aromatic rings. The summed E-state index contributed by atoms with van der Waals surface area (Å²) in [6.07, 6.45) is 3.98. The summed E-state index contributed by atoms with van der Waals surface area (Å²) in [7, 11) is 0. The molecule has 1 unspecified atom stereocenters. The van der Waals surface area contributed by atoms with Crippen molar-refractivity contribution in [3.63, 3.8) is 0 Å². The topological polar surface area (TPSA) is 95.5 Å². The van der Waals surface area contributed by atoms with Crippen molar-refractivity contribution in [1.82, 2.24) is 10.6 Å². The molecule has 6 heteroatoms. The van der Waals surface area contributed by atoms with Crippen LogP contribution in [-0.4, -0.2) is 35.0 Å². The summed E-state index contributed by atoms with van der Waals surface area (Å²) >= 11 is 0. The van der Waals surface area contributed by atoms with Crippen LogP contribution >= 0.6 is 0 Å². The van der Waals surface area contributed by atoms with Gasteiger partial charge >= 0.3 is 5.97 Å². The summed E-state index contributed by atoms with van der Waals surface area (Å²) in [5, 5.41) is 14.5. The van der Waals surface area contributed by atoms with Gasteiger partial charge < -0.3 is 15.7 Å². The number of carboxylic acids is 1. The molecule has 0 radical (unpaired) electrons. The predicted octanol–water partition coefficient (Wildman–Crippen LogP) is 1.49. The second kappa shape index (κ2) is 8.47. The van der Waals surface area contributed by atoms with E-state index in [0.29, 0.717) is 0 Å². The third-order valence-electron chi connectivity index (χ3n) is 4.38. The van der Waals surface area contributed by atoms with Crippen LogP contribution in [0.1, 0.15) is 38.2 Å². The largest absolute Gasteiger partial charge is 0.480 e. The van der Waals surface area contributed by atoms with Crippen LogP contribution in [0.3, 0.4) is 0 Å². The molecule has 1 aliphatic carbocycles. The molecule has 3 N–H and O–H groups in total. The van der Waals surface area contributed by atoms with Crippen molar-refractivity contribution in [3.05, 3.63) is 35.9 Å². The monoisotopic (exact) mass is 332 g/mol. The fourth-order valence-corrected chi connectivity index (χ4v) is 2.93. The lowest BCUT2D eigenvalue weighted by molar-refractivity contribution is -0.142. The van der Waals surface area contributed by atoms with Crippen molar-refractivity contribution in [2.75, 3.05) is 0 Å². The van der Waals surface area contributed by atoms with Crippen molar-refractivity contribution < 1.29 is 19.5 Å². The molecule has 0 spiro atoms. The smallest absolute Gasteiger partial charge is 0.326 e. The summed E-state index contributed by atoms with van der Waals surface area (Å²) < 4.78 is 0. The number of aliphatic carboxylic acids is 1. The quantitative estimate of drug-likeness (QED) is 0.705. The van der Waals surface area contributed by atoms with Crippen molar-refractivity contribution >= 4 is 17.8 Å². The van der Waals surface area contributed by atoms with E-state index in [1.54, 1.807) is 6.92 Å². The first-order chi connectivity index (χ1) is 11.5. The molecular weight excluding hydrogens is 308 g/mol. The number of carboxylic acid groups (broad SMARTS) is 1. The van der Waals surface area contributed by atoms with Gasteiger partial charge in [-0.2, -0.15) is 0 Å². The SMILES string of the molecule is CC(NC(=O)C1CCCC1)C(=O)N[C@H](Cc1ccccc1)C(=O)O. The highest BCUT2D eigenvalue weighted by molar-refractivity contribution is 5.90. The second-order valence-corrected chi connectivity index (χ2v) is 6.30. The molecule has 2 rings (SSSR count). The number of carbonyl (C=O) groups is 3. The lowest BCUT2D eigenvalue weighted by atomic mass is 10.1. The van der Waals surface area contributed by atoms with E-state index >= 15 is 0 Å². The Bertz CT molecular complexity index is 582. The number of hydrogen-bond acceptors (Lipinski definition) is 3. The maximum absolute atomic E-state index is 12.2. The minimum atomic E-state index is -1.10. The zero-order valence-corrected chi connectivity index (χ0v) is 13.8. The Morgan fingerprint density at radius 3 is 2.33 bits per heavy atom. The van der Waals surface area contributed by atoms with Gasteiger partial charge in [0.05, 0.1) is 0 Å². The molecule has 0 bridgehead atoms. The minimum Gasteiger partial charge on any atom is -0.480 e. The van der Waals surface area contributed by atoms with E-state index in [2.05, 4.69) is 10.6 Å². The van der Waals surface area contributed by atoms with Gasteiger partial charge in [0.15, 0.2) is 0 Å². The van der Waals surface area contributed by atoms with Crippen molar-refractivity contribution in [3.8, 4) is 0 Å². The van der Waals surface area contributed by atoms with E-state index in [1.807, 2.05) is 30.3 Å². The third kappa shape index (κ3) is 5.08. The van der Waals surface area contributed by atoms with Gasteiger partial charge in [-0.25, -0.2) is 4.79 Å². The molecule has 0 aromatic heterocycles. The van der Waals surface area contributed by atoms with E-state index in [-0.39, 0.29) is 18.2 Å². The van der Waals surface area contributed by atoms with Gasteiger partial charge in [0.25, 0.3) is 0 Å². The number of nitrogens with one attached hydrogen (secondary N) is 2. The molecule has 2 amide bonds. The average Bonchev–Trinajstić information content (AvgIpc) is 3.09.